The highest BCUT2D eigenvalue weighted by Gasteiger charge is 2.37. The SMILES string of the molecule is CC(C)c1cnc2c(N(C(=O)O)c3ccccc3C(F)(F)F)cc(Cl)nn12. The van der Waals surface area contributed by atoms with Crippen molar-refractivity contribution in [1.82, 2.24) is 14.6 Å². The minimum atomic E-state index is -4.74. The van der Waals surface area contributed by atoms with Gasteiger partial charge in [0.15, 0.2) is 10.8 Å². The average Bonchev–Trinajstić information content (AvgIpc) is 2.98. The molecule has 0 fully saturated rings. The van der Waals surface area contributed by atoms with E-state index in [-0.39, 0.29) is 22.4 Å². The van der Waals surface area contributed by atoms with E-state index in [0.29, 0.717) is 10.6 Å². The molecule has 0 bridgehead atoms. The quantitative estimate of drug-likeness (QED) is 0.646. The molecule has 6 nitrogen and oxygen atoms in total. The van der Waals surface area contributed by atoms with Crippen LogP contribution in [-0.2, 0) is 6.18 Å². The van der Waals surface area contributed by atoms with Crippen molar-refractivity contribution < 1.29 is 23.1 Å². The molecule has 0 radical (unpaired) electrons. The van der Waals surface area contributed by atoms with Crippen LogP contribution in [0.2, 0.25) is 5.15 Å². The lowest BCUT2D eigenvalue weighted by molar-refractivity contribution is -0.137. The fourth-order valence-electron chi connectivity index (χ4n) is 2.74. The largest absolute Gasteiger partial charge is 0.464 e. The lowest BCUT2D eigenvalue weighted by atomic mass is 10.1. The topological polar surface area (TPSA) is 70.7 Å². The Labute approximate surface area is 156 Å². The number of fused-ring (bicyclic) bond motifs is 1. The zero-order valence-electron chi connectivity index (χ0n) is 14.2. The van der Waals surface area contributed by atoms with Crippen LogP contribution in [0.3, 0.4) is 0 Å². The van der Waals surface area contributed by atoms with Crippen LogP contribution in [0.25, 0.3) is 5.65 Å². The molecular weight excluding hydrogens is 385 g/mol. The van der Waals surface area contributed by atoms with E-state index in [1.54, 1.807) is 0 Å². The highest BCUT2D eigenvalue weighted by Crippen LogP contribution is 2.40. The van der Waals surface area contributed by atoms with E-state index in [1.165, 1.54) is 28.9 Å². The minimum Gasteiger partial charge on any atom is -0.464 e. The summed E-state index contributed by atoms with van der Waals surface area (Å²) < 4.78 is 41.6. The molecule has 3 rings (SSSR count). The van der Waals surface area contributed by atoms with Crippen molar-refractivity contribution in [2.45, 2.75) is 25.9 Å². The molecule has 1 amide bonds. The van der Waals surface area contributed by atoms with Gasteiger partial charge in [-0.1, -0.05) is 37.6 Å². The first kappa shape index (κ1) is 19.0. The normalized spacial score (nSPS) is 12.0. The number of alkyl halides is 3. The Balaban J connectivity index is 2.32. The summed E-state index contributed by atoms with van der Waals surface area (Å²) in [5.41, 5.74) is -1.03. The van der Waals surface area contributed by atoms with Gasteiger partial charge in [-0.2, -0.15) is 18.3 Å². The van der Waals surface area contributed by atoms with E-state index in [2.05, 4.69) is 10.1 Å². The Kier molecular flexibility index (Phi) is 4.73. The molecule has 27 heavy (non-hydrogen) atoms. The molecule has 142 valence electrons. The molecule has 1 N–H and O–H groups in total. The molecule has 0 spiro atoms. The first-order chi connectivity index (χ1) is 12.6. The van der Waals surface area contributed by atoms with Gasteiger partial charge < -0.3 is 5.11 Å². The Morgan fingerprint density at radius 1 is 1.26 bits per heavy atom. The predicted octanol–water partition coefficient (Wildman–Crippen LogP) is 5.34. The van der Waals surface area contributed by atoms with Gasteiger partial charge in [0.05, 0.1) is 23.1 Å². The number of hydrogen-bond acceptors (Lipinski definition) is 3. The third-order valence-corrected chi connectivity index (χ3v) is 4.10. The molecule has 0 saturated heterocycles. The Morgan fingerprint density at radius 2 is 1.93 bits per heavy atom. The lowest BCUT2D eigenvalue weighted by Crippen LogP contribution is -2.27. The fraction of sp³-hybridized carbons (Fsp3) is 0.235. The van der Waals surface area contributed by atoms with Gasteiger partial charge in [-0.15, -0.1) is 0 Å². The number of nitrogens with zero attached hydrogens (tertiary/aromatic N) is 4. The van der Waals surface area contributed by atoms with E-state index in [1.807, 2.05) is 13.8 Å². The van der Waals surface area contributed by atoms with Crippen molar-refractivity contribution in [2.75, 3.05) is 4.90 Å². The zero-order chi connectivity index (χ0) is 19.9. The minimum absolute atomic E-state index is 0.0143. The van der Waals surface area contributed by atoms with Crippen molar-refractivity contribution in [3.63, 3.8) is 0 Å². The first-order valence-corrected chi connectivity index (χ1v) is 8.22. The fourth-order valence-corrected chi connectivity index (χ4v) is 2.92. The van der Waals surface area contributed by atoms with Gasteiger partial charge in [-0.25, -0.2) is 19.2 Å². The predicted molar refractivity (Wildman–Crippen MR) is 93.7 cm³/mol. The van der Waals surface area contributed by atoms with E-state index >= 15 is 0 Å². The number of hydrogen-bond donors (Lipinski definition) is 1. The third kappa shape index (κ3) is 3.42. The second-order valence-corrected chi connectivity index (χ2v) is 6.45. The maximum atomic E-state index is 13.4. The molecule has 3 aromatic rings. The summed E-state index contributed by atoms with van der Waals surface area (Å²) >= 11 is 6.02. The molecule has 10 heteroatoms. The van der Waals surface area contributed by atoms with Crippen LogP contribution in [-0.4, -0.2) is 25.8 Å². The Morgan fingerprint density at radius 3 is 2.52 bits per heavy atom. The smallest absolute Gasteiger partial charge is 0.418 e. The van der Waals surface area contributed by atoms with E-state index in [9.17, 15) is 23.1 Å². The van der Waals surface area contributed by atoms with Crippen LogP contribution < -0.4 is 4.90 Å². The Hall–Kier alpha value is -2.81. The maximum Gasteiger partial charge on any atom is 0.418 e. The molecule has 2 heterocycles. The number of rotatable bonds is 3. The van der Waals surface area contributed by atoms with E-state index < -0.39 is 23.5 Å². The summed E-state index contributed by atoms with van der Waals surface area (Å²) in [4.78, 5) is 16.6. The van der Waals surface area contributed by atoms with Crippen molar-refractivity contribution in [2.24, 2.45) is 0 Å². The highest BCUT2D eigenvalue weighted by molar-refractivity contribution is 6.29. The zero-order valence-corrected chi connectivity index (χ0v) is 15.0. The molecule has 1 aromatic carbocycles. The molecule has 2 aromatic heterocycles. The van der Waals surface area contributed by atoms with Crippen LogP contribution in [0.1, 0.15) is 31.0 Å². The van der Waals surface area contributed by atoms with Gasteiger partial charge in [0, 0.05) is 6.07 Å². The molecular formula is C17H14ClF3N4O2. The van der Waals surface area contributed by atoms with Crippen LogP contribution in [0.15, 0.2) is 36.5 Å². The number of imidazole rings is 1. The van der Waals surface area contributed by atoms with Crippen molar-refractivity contribution in [3.05, 3.63) is 52.9 Å². The second kappa shape index (κ2) is 6.73. The number of benzene rings is 1. The number of anilines is 2. The Bertz CT molecular complexity index is 1020. The number of carboxylic acid groups (broad SMARTS) is 1. The molecule has 0 aliphatic carbocycles. The van der Waals surface area contributed by atoms with Crippen molar-refractivity contribution in [1.29, 1.82) is 0 Å². The van der Waals surface area contributed by atoms with Gasteiger partial charge in [-0.3, -0.25) is 0 Å². The van der Waals surface area contributed by atoms with Crippen LogP contribution in [0.5, 0.6) is 0 Å². The maximum absolute atomic E-state index is 13.4. The van der Waals surface area contributed by atoms with Gasteiger partial charge >= 0.3 is 12.3 Å². The van der Waals surface area contributed by atoms with Gasteiger partial charge in [-0.05, 0) is 18.1 Å². The van der Waals surface area contributed by atoms with E-state index in [0.717, 1.165) is 12.1 Å². The third-order valence-electron chi connectivity index (χ3n) is 3.92. The molecule has 0 aliphatic rings. The highest BCUT2D eigenvalue weighted by atomic mass is 35.5. The number of aromatic nitrogens is 3. The van der Waals surface area contributed by atoms with Gasteiger partial charge in [0.1, 0.15) is 5.69 Å². The molecule has 0 unspecified atom stereocenters. The molecule has 0 saturated carbocycles. The van der Waals surface area contributed by atoms with Crippen LogP contribution in [0, 0.1) is 0 Å². The number of carbonyl (C=O) groups is 1. The van der Waals surface area contributed by atoms with Crippen LogP contribution in [0.4, 0.5) is 29.3 Å². The summed E-state index contributed by atoms with van der Waals surface area (Å²) in [6.45, 7) is 3.75. The number of para-hydroxylation sites is 1. The monoisotopic (exact) mass is 398 g/mol. The molecule has 0 aliphatic heterocycles. The summed E-state index contributed by atoms with van der Waals surface area (Å²) in [5.74, 6) is -0.0143. The first-order valence-electron chi connectivity index (χ1n) is 7.84. The standard InChI is InChI=1S/C17H14ClF3N4O2/c1-9(2)13-8-22-15-12(7-14(18)23-25(13)15)24(16(26)27)11-6-4-3-5-10(11)17(19,20)21/h3-9H,1-2H3,(H,26,27). The van der Waals surface area contributed by atoms with Crippen molar-refractivity contribution in [3.8, 4) is 0 Å². The van der Waals surface area contributed by atoms with Crippen molar-refractivity contribution >= 4 is 34.7 Å². The second-order valence-electron chi connectivity index (χ2n) is 6.06. The lowest BCUT2D eigenvalue weighted by Gasteiger charge is -2.23. The van der Waals surface area contributed by atoms with E-state index in [4.69, 9.17) is 11.6 Å². The average molecular weight is 399 g/mol. The molecule has 0 atom stereocenters. The summed E-state index contributed by atoms with van der Waals surface area (Å²) in [5, 5.41) is 13.7. The summed E-state index contributed by atoms with van der Waals surface area (Å²) in [6.07, 6.45) is -4.86. The number of halogens is 4. The van der Waals surface area contributed by atoms with Gasteiger partial charge in [0.25, 0.3) is 0 Å². The van der Waals surface area contributed by atoms with Crippen LogP contribution >= 0.6 is 11.6 Å². The van der Waals surface area contributed by atoms with Gasteiger partial charge in [0.2, 0.25) is 0 Å². The summed E-state index contributed by atoms with van der Waals surface area (Å²) in [7, 11) is 0. The number of amides is 1. The summed E-state index contributed by atoms with van der Waals surface area (Å²) in [6, 6.07) is 5.58.